The van der Waals surface area contributed by atoms with Crippen molar-refractivity contribution in [2.45, 2.75) is 45.4 Å². The van der Waals surface area contributed by atoms with E-state index in [0.717, 1.165) is 39.0 Å². The molecule has 78 valence electrons. The standard InChI is InChI=1S/C10H22N2O/c1-3-10(11)12-7-5-9(6-8-12)13-4-2/h9-10H,3-8,11H2,1-2H3. The molecule has 0 aromatic rings. The lowest BCUT2D eigenvalue weighted by atomic mass is 10.1. The van der Waals surface area contributed by atoms with Gasteiger partial charge >= 0.3 is 0 Å². The van der Waals surface area contributed by atoms with E-state index in [1.54, 1.807) is 0 Å². The molecular weight excluding hydrogens is 164 g/mol. The van der Waals surface area contributed by atoms with Gasteiger partial charge in [0.1, 0.15) is 0 Å². The highest BCUT2D eigenvalue weighted by atomic mass is 16.5. The fraction of sp³-hybridized carbons (Fsp3) is 1.00. The van der Waals surface area contributed by atoms with Crippen LogP contribution in [0, 0.1) is 0 Å². The van der Waals surface area contributed by atoms with E-state index in [4.69, 9.17) is 10.5 Å². The van der Waals surface area contributed by atoms with Crippen molar-refractivity contribution in [1.82, 2.24) is 4.90 Å². The van der Waals surface area contributed by atoms with Crippen LogP contribution in [0.5, 0.6) is 0 Å². The summed E-state index contributed by atoms with van der Waals surface area (Å²) in [6.45, 7) is 7.23. The number of hydrogen-bond donors (Lipinski definition) is 1. The predicted octanol–water partition coefficient (Wildman–Crippen LogP) is 1.18. The Morgan fingerprint density at radius 3 is 2.46 bits per heavy atom. The van der Waals surface area contributed by atoms with Crippen molar-refractivity contribution < 1.29 is 4.74 Å². The van der Waals surface area contributed by atoms with E-state index >= 15 is 0 Å². The van der Waals surface area contributed by atoms with Gasteiger partial charge in [0.15, 0.2) is 0 Å². The highest BCUT2D eigenvalue weighted by molar-refractivity contribution is 4.75. The minimum atomic E-state index is 0.252. The third-order valence-electron chi connectivity index (χ3n) is 2.77. The van der Waals surface area contributed by atoms with Crippen LogP contribution >= 0.6 is 0 Å². The van der Waals surface area contributed by atoms with E-state index in [1.807, 2.05) is 0 Å². The maximum atomic E-state index is 5.95. The number of rotatable bonds is 4. The zero-order valence-corrected chi connectivity index (χ0v) is 8.83. The first-order valence-electron chi connectivity index (χ1n) is 5.39. The molecule has 2 N–H and O–H groups in total. The van der Waals surface area contributed by atoms with Gasteiger partial charge in [-0.15, -0.1) is 0 Å². The van der Waals surface area contributed by atoms with Gasteiger partial charge in [0, 0.05) is 19.7 Å². The van der Waals surface area contributed by atoms with E-state index in [0.29, 0.717) is 6.10 Å². The van der Waals surface area contributed by atoms with Crippen LogP contribution in [0.4, 0.5) is 0 Å². The van der Waals surface area contributed by atoms with Crippen molar-refractivity contribution in [3.63, 3.8) is 0 Å². The second-order valence-electron chi connectivity index (χ2n) is 3.67. The lowest BCUT2D eigenvalue weighted by Crippen LogP contribution is -2.47. The highest BCUT2D eigenvalue weighted by Crippen LogP contribution is 2.15. The predicted molar refractivity (Wildman–Crippen MR) is 54.5 cm³/mol. The average molecular weight is 186 g/mol. The summed E-state index contributed by atoms with van der Waals surface area (Å²) in [6, 6.07) is 0. The summed E-state index contributed by atoms with van der Waals surface area (Å²) in [5.41, 5.74) is 5.95. The first kappa shape index (κ1) is 11.0. The molecule has 0 aromatic heterocycles. The second kappa shape index (κ2) is 5.58. The number of nitrogens with zero attached hydrogens (tertiary/aromatic N) is 1. The normalized spacial score (nSPS) is 23.3. The zero-order valence-electron chi connectivity index (χ0n) is 8.83. The summed E-state index contributed by atoms with van der Waals surface area (Å²) < 4.78 is 5.58. The molecule has 1 aliphatic heterocycles. The van der Waals surface area contributed by atoms with Crippen molar-refractivity contribution in [2.75, 3.05) is 19.7 Å². The van der Waals surface area contributed by atoms with Crippen LogP contribution in [0.1, 0.15) is 33.1 Å². The average Bonchev–Trinajstić information content (AvgIpc) is 2.18. The number of nitrogens with two attached hydrogens (primary N) is 1. The molecule has 0 aromatic carbocycles. The molecule has 1 atom stereocenters. The van der Waals surface area contributed by atoms with Gasteiger partial charge in [0.05, 0.1) is 12.3 Å². The molecule has 1 fully saturated rings. The molecule has 0 radical (unpaired) electrons. The molecule has 3 nitrogen and oxygen atoms in total. The smallest absolute Gasteiger partial charge is 0.0599 e. The van der Waals surface area contributed by atoms with Crippen LogP contribution < -0.4 is 5.73 Å². The summed E-state index contributed by atoms with van der Waals surface area (Å²) >= 11 is 0. The Morgan fingerprint density at radius 2 is 2.00 bits per heavy atom. The van der Waals surface area contributed by atoms with E-state index < -0.39 is 0 Å². The van der Waals surface area contributed by atoms with Crippen LogP contribution in [-0.4, -0.2) is 36.9 Å². The van der Waals surface area contributed by atoms with Crippen molar-refractivity contribution in [3.8, 4) is 0 Å². The summed E-state index contributed by atoms with van der Waals surface area (Å²) in [5.74, 6) is 0. The summed E-state index contributed by atoms with van der Waals surface area (Å²) in [4.78, 5) is 2.36. The first-order chi connectivity index (χ1) is 6.27. The number of hydrogen-bond acceptors (Lipinski definition) is 3. The summed E-state index contributed by atoms with van der Waals surface area (Å²) in [7, 11) is 0. The largest absolute Gasteiger partial charge is 0.378 e. The third-order valence-corrected chi connectivity index (χ3v) is 2.77. The molecule has 0 saturated carbocycles. The lowest BCUT2D eigenvalue weighted by molar-refractivity contribution is 0.00419. The van der Waals surface area contributed by atoms with Crippen LogP contribution in [0.2, 0.25) is 0 Å². The van der Waals surface area contributed by atoms with Gasteiger partial charge in [0.2, 0.25) is 0 Å². The number of ether oxygens (including phenoxy) is 1. The quantitative estimate of drug-likeness (QED) is 0.716. The van der Waals surface area contributed by atoms with Crippen LogP contribution in [-0.2, 0) is 4.74 Å². The SMILES string of the molecule is CCOC1CCN(C(N)CC)CC1. The molecule has 13 heavy (non-hydrogen) atoms. The molecule has 1 heterocycles. The number of piperidine rings is 1. The van der Waals surface area contributed by atoms with Gasteiger partial charge in [-0.05, 0) is 26.2 Å². The molecule has 1 rings (SSSR count). The van der Waals surface area contributed by atoms with Crippen molar-refractivity contribution in [3.05, 3.63) is 0 Å². The molecule has 0 amide bonds. The third kappa shape index (κ3) is 3.25. The lowest BCUT2D eigenvalue weighted by Gasteiger charge is -2.35. The summed E-state index contributed by atoms with van der Waals surface area (Å²) in [5, 5.41) is 0. The minimum absolute atomic E-state index is 0.252. The molecular formula is C10H22N2O. The Hall–Kier alpha value is -0.120. The molecule has 1 unspecified atom stereocenters. The van der Waals surface area contributed by atoms with Crippen molar-refractivity contribution in [1.29, 1.82) is 0 Å². The molecule has 1 aliphatic rings. The van der Waals surface area contributed by atoms with Crippen molar-refractivity contribution in [2.24, 2.45) is 5.73 Å². The minimum Gasteiger partial charge on any atom is -0.378 e. The van der Waals surface area contributed by atoms with Gasteiger partial charge in [-0.2, -0.15) is 0 Å². The molecule has 3 heteroatoms. The van der Waals surface area contributed by atoms with Crippen molar-refractivity contribution >= 4 is 0 Å². The van der Waals surface area contributed by atoms with E-state index in [-0.39, 0.29) is 6.17 Å². The summed E-state index contributed by atoms with van der Waals surface area (Å²) in [6.07, 6.45) is 4.05. The Morgan fingerprint density at radius 1 is 1.38 bits per heavy atom. The molecule has 0 aliphatic carbocycles. The topological polar surface area (TPSA) is 38.5 Å². The van der Waals surface area contributed by atoms with Crippen LogP contribution in [0.3, 0.4) is 0 Å². The zero-order chi connectivity index (χ0) is 9.68. The van der Waals surface area contributed by atoms with E-state index in [2.05, 4.69) is 18.7 Å². The maximum Gasteiger partial charge on any atom is 0.0599 e. The Kier molecular flexibility index (Phi) is 4.70. The molecule has 0 spiro atoms. The van der Waals surface area contributed by atoms with Gasteiger partial charge in [-0.25, -0.2) is 0 Å². The Bertz CT molecular complexity index is 133. The van der Waals surface area contributed by atoms with Gasteiger partial charge in [-0.1, -0.05) is 6.92 Å². The van der Waals surface area contributed by atoms with Crippen LogP contribution in [0.25, 0.3) is 0 Å². The molecule has 1 saturated heterocycles. The Labute approximate surface area is 81.2 Å². The van der Waals surface area contributed by atoms with E-state index in [1.165, 1.54) is 0 Å². The van der Waals surface area contributed by atoms with Gasteiger partial charge in [0.25, 0.3) is 0 Å². The highest BCUT2D eigenvalue weighted by Gasteiger charge is 2.21. The van der Waals surface area contributed by atoms with Gasteiger partial charge < -0.3 is 10.5 Å². The molecule has 0 bridgehead atoms. The fourth-order valence-corrected chi connectivity index (χ4v) is 1.87. The number of likely N-dealkylation sites (tertiary alicyclic amines) is 1. The monoisotopic (exact) mass is 186 g/mol. The van der Waals surface area contributed by atoms with Crippen LogP contribution in [0.15, 0.2) is 0 Å². The Balaban J connectivity index is 2.22. The van der Waals surface area contributed by atoms with E-state index in [9.17, 15) is 0 Å². The maximum absolute atomic E-state index is 5.95. The van der Waals surface area contributed by atoms with Gasteiger partial charge in [-0.3, -0.25) is 4.90 Å². The first-order valence-corrected chi connectivity index (χ1v) is 5.39. The second-order valence-corrected chi connectivity index (χ2v) is 3.67. The fourth-order valence-electron chi connectivity index (χ4n) is 1.87.